The quantitative estimate of drug-likeness (QED) is 0.760. The van der Waals surface area contributed by atoms with Crippen molar-refractivity contribution in [1.82, 2.24) is 20.2 Å². The Bertz CT molecular complexity index is 788. The maximum atomic E-state index is 12.4. The lowest BCUT2D eigenvalue weighted by Gasteiger charge is -2.34. The summed E-state index contributed by atoms with van der Waals surface area (Å²) < 4.78 is 0. The summed E-state index contributed by atoms with van der Waals surface area (Å²) in [6.07, 6.45) is 3.68. The van der Waals surface area contributed by atoms with Gasteiger partial charge in [0.25, 0.3) is 0 Å². The van der Waals surface area contributed by atoms with E-state index in [0.29, 0.717) is 32.1 Å². The number of carbonyl (C=O) groups excluding carboxylic acids is 2. The largest absolute Gasteiger partial charge is 0.354 e. The number of piperazine rings is 1. The molecule has 0 radical (unpaired) electrons. The zero-order chi connectivity index (χ0) is 19.9. The minimum atomic E-state index is -0.731. The molecule has 1 aliphatic heterocycles. The average molecular weight is 382 g/mol. The van der Waals surface area contributed by atoms with Crippen molar-refractivity contribution in [3.05, 3.63) is 53.9 Å². The molecule has 0 saturated carbocycles. The Kier molecular flexibility index (Phi) is 6.54. The smallest absolute Gasteiger partial charge is 0.241 e. The summed E-state index contributed by atoms with van der Waals surface area (Å²) in [6.45, 7) is 4.88. The van der Waals surface area contributed by atoms with E-state index in [1.807, 2.05) is 36.1 Å². The van der Waals surface area contributed by atoms with E-state index in [0.717, 1.165) is 11.1 Å². The van der Waals surface area contributed by atoms with Crippen LogP contribution in [0.5, 0.6) is 0 Å². The molecule has 1 aliphatic rings. The second-order valence-corrected chi connectivity index (χ2v) is 6.85. The lowest BCUT2D eigenvalue weighted by Crippen LogP contribution is -2.49. The van der Waals surface area contributed by atoms with Crippen LogP contribution in [0, 0.1) is 6.92 Å². The van der Waals surface area contributed by atoms with Gasteiger partial charge in [-0.15, -0.1) is 0 Å². The van der Waals surface area contributed by atoms with Crippen LogP contribution in [0.4, 0.5) is 5.95 Å². The van der Waals surface area contributed by atoms with Gasteiger partial charge in [-0.1, -0.05) is 29.8 Å². The first-order valence-electron chi connectivity index (χ1n) is 9.44. The van der Waals surface area contributed by atoms with Crippen LogP contribution in [0.3, 0.4) is 0 Å². The Morgan fingerprint density at radius 2 is 1.75 bits per heavy atom. The molecule has 0 aliphatic carbocycles. The molecule has 2 aromatic rings. The Morgan fingerprint density at radius 3 is 2.39 bits per heavy atom. The van der Waals surface area contributed by atoms with Crippen molar-refractivity contribution in [3.63, 3.8) is 0 Å². The highest BCUT2D eigenvalue weighted by atomic mass is 16.2. The van der Waals surface area contributed by atoms with E-state index < -0.39 is 6.04 Å². The molecule has 1 aromatic carbocycles. The van der Waals surface area contributed by atoms with Crippen molar-refractivity contribution in [3.8, 4) is 0 Å². The number of aryl methyl sites for hydroxylation is 1. The number of nitrogens with zero attached hydrogens (tertiary/aromatic N) is 4. The van der Waals surface area contributed by atoms with Crippen LogP contribution in [-0.2, 0) is 9.59 Å². The second-order valence-electron chi connectivity index (χ2n) is 6.85. The number of nitrogens with two attached hydrogens (primary N) is 1. The number of carbonyl (C=O) groups is 2. The van der Waals surface area contributed by atoms with Gasteiger partial charge in [-0.2, -0.15) is 0 Å². The van der Waals surface area contributed by atoms with Crippen LogP contribution in [0.25, 0.3) is 0 Å². The fraction of sp³-hybridized carbons (Fsp3) is 0.400. The normalized spacial score (nSPS) is 15.2. The molecule has 8 nitrogen and oxygen atoms in total. The Labute approximate surface area is 164 Å². The fourth-order valence-electron chi connectivity index (χ4n) is 3.10. The van der Waals surface area contributed by atoms with Gasteiger partial charge >= 0.3 is 0 Å². The predicted molar refractivity (Wildman–Crippen MR) is 107 cm³/mol. The Morgan fingerprint density at radius 1 is 1.11 bits per heavy atom. The predicted octanol–water partition coefficient (Wildman–Crippen LogP) is 0.640. The number of nitrogens with one attached hydrogen (secondary N) is 1. The van der Waals surface area contributed by atoms with Gasteiger partial charge in [0.15, 0.2) is 0 Å². The standard InChI is InChI=1S/C20H26N6O2/c1-15-3-5-16(6-4-15)18(21)19(28)22-10-7-17(27)25-11-13-26(14-12-25)20-23-8-2-9-24-20/h2-6,8-9,18H,7,10-14,21H2,1H3,(H,22,28). The molecule has 3 rings (SSSR count). The first-order chi connectivity index (χ1) is 13.5. The molecule has 2 heterocycles. The van der Waals surface area contributed by atoms with Crippen molar-refractivity contribution in [2.75, 3.05) is 37.6 Å². The molecule has 1 atom stereocenters. The molecule has 0 bridgehead atoms. The zero-order valence-electron chi connectivity index (χ0n) is 16.0. The van der Waals surface area contributed by atoms with Crippen LogP contribution in [0.1, 0.15) is 23.6 Å². The Hall–Kier alpha value is -3.00. The van der Waals surface area contributed by atoms with Crippen molar-refractivity contribution >= 4 is 17.8 Å². The topological polar surface area (TPSA) is 104 Å². The van der Waals surface area contributed by atoms with E-state index in [9.17, 15) is 9.59 Å². The number of hydrogen-bond acceptors (Lipinski definition) is 6. The van der Waals surface area contributed by atoms with Gasteiger partial charge < -0.3 is 20.9 Å². The van der Waals surface area contributed by atoms with Crippen molar-refractivity contribution in [2.45, 2.75) is 19.4 Å². The van der Waals surface area contributed by atoms with Crippen LogP contribution in [-0.4, -0.2) is 59.4 Å². The number of hydrogen-bond donors (Lipinski definition) is 2. The lowest BCUT2D eigenvalue weighted by molar-refractivity contribution is -0.131. The van der Waals surface area contributed by atoms with Gasteiger partial charge in [-0.3, -0.25) is 9.59 Å². The highest BCUT2D eigenvalue weighted by Crippen LogP contribution is 2.12. The summed E-state index contributed by atoms with van der Waals surface area (Å²) in [5, 5.41) is 2.76. The molecule has 2 amide bonds. The minimum absolute atomic E-state index is 0.0258. The molecular formula is C20H26N6O2. The van der Waals surface area contributed by atoms with Crippen molar-refractivity contribution in [1.29, 1.82) is 0 Å². The van der Waals surface area contributed by atoms with Gasteiger partial charge in [0.1, 0.15) is 6.04 Å². The fourth-order valence-corrected chi connectivity index (χ4v) is 3.10. The van der Waals surface area contributed by atoms with Gasteiger partial charge in [0.2, 0.25) is 17.8 Å². The third kappa shape index (κ3) is 5.04. The molecule has 8 heteroatoms. The van der Waals surface area contributed by atoms with E-state index in [1.54, 1.807) is 18.5 Å². The van der Waals surface area contributed by atoms with Gasteiger partial charge in [0, 0.05) is 51.5 Å². The molecule has 148 valence electrons. The molecule has 1 fully saturated rings. The first kappa shape index (κ1) is 19.8. The highest BCUT2D eigenvalue weighted by molar-refractivity contribution is 5.83. The molecule has 1 aromatic heterocycles. The average Bonchev–Trinajstić information content (AvgIpc) is 2.74. The minimum Gasteiger partial charge on any atom is -0.354 e. The SMILES string of the molecule is Cc1ccc(C(N)C(=O)NCCC(=O)N2CCN(c3ncccn3)CC2)cc1. The van der Waals surface area contributed by atoms with Crippen molar-refractivity contribution in [2.24, 2.45) is 5.73 Å². The van der Waals surface area contributed by atoms with Crippen LogP contribution < -0.4 is 16.0 Å². The van der Waals surface area contributed by atoms with E-state index in [1.165, 1.54) is 0 Å². The zero-order valence-corrected chi connectivity index (χ0v) is 16.0. The summed E-state index contributed by atoms with van der Waals surface area (Å²) in [4.78, 5) is 36.9. The van der Waals surface area contributed by atoms with Crippen LogP contribution >= 0.6 is 0 Å². The third-order valence-corrected chi connectivity index (χ3v) is 4.82. The van der Waals surface area contributed by atoms with E-state index in [4.69, 9.17) is 5.73 Å². The number of rotatable bonds is 6. The second kappa shape index (κ2) is 9.27. The van der Waals surface area contributed by atoms with Crippen molar-refractivity contribution < 1.29 is 9.59 Å². The first-order valence-corrected chi connectivity index (χ1v) is 9.44. The Balaban J connectivity index is 1.40. The summed E-state index contributed by atoms with van der Waals surface area (Å²) in [7, 11) is 0. The molecule has 1 saturated heterocycles. The third-order valence-electron chi connectivity index (χ3n) is 4.82. The molecule has 28 heavy (non-hydrogen) atoms. The number of aromatic nitrogens is 2. The van der Waals surface area contributed by atoms with Gasteiger partial charge in [-0.05, 0) is 18.6 Å². The number of benzene rings is 1. The molecule has 3 N–H and O–H groups in total. The summed E-state index contributed by atoms with van der Waals surface area (Å²) in [5.74, 6) is 0.437. The molecule has 1 unspecified atom stereocenters. The van der Waals surface area contributed by atoms with Gasteiger partial charge in [0.05, 0.1) is 0 Å². The van der Waals surface area contributed by atoms with E-state index in [2.05, 4.69) is 20.2 Å². The lowest BCUT2D eigenvalue weighted by atomic mass is 10.1. The summed E-state index contributed by atoms with van der Waals surface area (Å²) in [5.41, 5.74) is 7.86. The number of anilines is 1. The maximum absolute atomic E-state index is 12.4. The molecular weight excluding hydrogens is 356 g/mol. The molecule has 0 spiro atoms. The van der Waals surface area contributed by atoms with Crippen LogP contribution in [0.15, 0.2) is 42.7 Å². The summed E-state index contributed by atoms with van der Waals surface area (Å²) >= 11 is 0. The van der Waals surface area contributed by atoms with Gasteiger partial charge in [-0.25, -0.2) is 9.97 Å². The highest BCUT2D eigenvalue weighted by Gasteiger charge is 2.22. The van der Waals surface area contributed by atoms with E-state index in [-0.39, 0.29) is 24.8 Å². The van der Waals surface area contributed by atoms with Crippen LogP contribution in [0.2, 0.25) is 0 Å². The number of amides is 2. The maximum Gasteiger partial charge on any atom is 0.241 e. The monoisotopic (exact) mass is 382 g/mol. The van der Waals surface area contributed by atoms with E-state index >= 15 is 0 Å². The summed E-state index contributed by atoms with van der Waals surface area (Å²) in [6, 6.07) is 8.59.